The van der Waals surface area contributed by atoms with Gasteiger partial charge in [0.2, 0.25) is 0 Å². The van der Waals surface area contributed by atoms with Crippen molar-refractivity contribution in [2.45, 2.75) is 38.9 Å². The van der Waals surface area contributed by atoms with E-state index in [9.17, 15) is 10.2 Å². The van der Waals surface area contributed by atoms with Gasteiger partial charge in [-0.05, 0) is 27.7 Å². The van der Waals surface area contributed by atoms with Crippen molar-refractivity contribution in [1.29, 1.82) is 0 Å². The van der Waals surface area contributed by atoms with Crippen molar-refractivity contribution < 1.29 is 10.2 Å². The summed E-state index contributed by atoms with van der Waals surface area (Å²) in [6, 6.07) is 0. The second kappa shape index (κ2) is 5.66. The van der Waals surface area contributed by atoms with Gasteiger partial charge in [0.25, 0.3) is 0 Å². The molecule has 0 saturated heterocycles. The highest BCUT2D eigenvalue weighted by Crippen LogP contribution is 1.97. The molecule has 0 fully saturated rings. The van der Waals surface area contributed by atoms with Gasteiger partial charge in [-0.1, -0.05) is 0 Å². The van der Waals surface area contributed by atoms with Crippen LogP contribution < -0.4 is 10.6 Å². The molecule has 0 bridgehead atoms. The van der Waals surface area contributed by atoms with Gasteiger partial charge in [0.1, 0.15) is 0 Å². The van der Waals surface area contributed by atoms with Crippen LogP contribution in [0.5, 0.6) is 0 Å². The molecule has 0 aromatic heterocycles. The Morgan fingerprint density at radius 1 is 0.786 bits per heavy atom. The molecule has 14 heavy (non-hydrogen) atoms. The van der Waals surface area contributed by atoms with Crippen molar-refractivity contribution in [1.82, 2.24) is 10.6 Å². The highest BCUT2D eigenvalue weighted by atomic mass is 16.3. The van der Waals surface area contributed by atoms with Crippen LogP contribution in [-0.4, -0.2) is 47.6 Å². The van der Waals surface area contributed by atoms with E-state index in [0.29, 0.717) is 13.1 Å². The zero-order valence-corrected chi connectivity index (χ0v) is 9.72. The molecule has 0 aromatic rings. The summed E-state index contributed by atoms with van der Waals surface area (Å²) in [4.78, 5) is 0. The number of nitrogens with one attached hydrogen (secondary N) is 2. The van der Waals surface area contributed by atoms with E-state index >= 15 is 0 Å². The van der Waals surface area contributed by atoms with E-state index in [2.05, 4.69) is 10.6 Å². The molecule has 4 nitrogen and oxygen atoms in total. The minimum absolute atomic E-state index is 0.581. The molecular formula is C10H24N2O2. The number of aliphatic hydroxyl groups is 2. The maximum atomic E-state index is 9.38. The number of hydrogen-bond acceptors (Lipinski definition) is 4. The van der Waals surface area contributed by atoms with Gasteiger partial charge in [0.15, 0.2) is 0 Å². The Labute approximate surface area is 86.7 Å². The Morgan fingerprint density at radius 2 is 1.07 bits per heavy atom. The zero-order valence-electron chi connectivity index (χ0n) is 9.72. The third-order valence-electron chi connectivity index (χ3n) is 1.59. The van der Waals surface area contributed by atoms with Crippen LogP contribution in [0, 0.1) is 0 Å². The predicted molar refractivity (Wildman–Crippen MR) is 58.3 cm³/mol. The molecule has 0 aliphatic rings. The Morgan fingerprint density at radius 3 is 1.29 bits per heavy atom. The summed E-state index contributed by atoms with van der Waals surface area (Å²) in [7, 11) is 0. The molecule has 0 unspecified atom stereocenters. The van der Waals surface area contributed by atoms with Crippen molar-refractivity contribution in [2.75, 3.05) is 26.2 Å². The predicted octanol–water partition coefficient (Wildman–Crippen LogP) is -0.293. The van der Waals surface area contributed by atoms with E-state index in [1.807, 2.05) is 0 Å². The summed E-state index contributed by atoms with van der Waals surface area (Å²) in [5, 5.41) is 25.0. The highest BCUT2D eigenvalue weighted by molar-refractivity contribution is 4.70. The van der Waals surface area contributed by atoms with Gasteiger partial charge in [-0.15, -0.1) is 0 Å². The second-order valence-corrected chi connectivity index (χ2v) is 4.98. The first kappa shape index (κ1) is 13.8. The fraction of sp³-hybridized carbons (Fsp3) is 1.00. The lowest BCUT2D eigenvalue weighted by atomic mass is 10.1. The summed E-state index contributed by atoms with van der Waals surface area (Å²) >= 11 is 0. The number of hydrogen-bond donors (Lipinski definition) is 4. The average Bonchev–Trinajstić information content (AvgIpc) is 1.92. The molecule has 0 aliphatic carbocycles. The molecular weight excluding hydrogens is 180 g/mol. The lowest BCUT2D eigenvalue weighted by Gasteiger charge is -2.19. The first-order chi connectivity index (χ1) is 6.21. The highest BCUT2D eigenvalue weighted by Gasteiger charge is 2.12. The fourth-order valence-electron chi connectivity index (χ4n) is 0.965. The molecule has 0 aliphatic heterocycles. The Bertz CT molecular complexity index is 129. The molecule has 0 aromatic carbocycles. The van der Waals surface area contributed by atoms with Crippen LogP contribution >= 0.6 is 0 Å². The van der Waals surface area contributed by atoms with Crippen LogP contribution in [0.3, 0.4) is 0 Å². The molecule has 4 heteroatoms. The Kier molecular flexibility index (Phi) is 5.59. The Balaban J connectivity index is 3.23. The molecule has 0 saturated carbocycles. The lowest BCUT2D eigenvalue weighted by molar-refractivity contribution is 0.0756. The zero-order chi connectivity index (χ0) is 11.2. The van der Waals surface area contributed by atoms with Crippen LogP contribution in [-0.2, 0) is 0 Å². The van der Waals surface area contributed by atoms with E-state index < -0.39 is 11.2 Å². The summed E-state index contributed by atoms with van der Waals surface area (Å²) in [5.74, 6) is 0. The van der Waals surface area contributed by atoms with Crippen LogP contribution in [0.25, 0.3) is 0 Å². The van der Waals surface area contributed by atoms with Gasteiger partial charge in [-0.25, -0.2) is 0 Å². The second-order valence-electron chi connectivity index (χ2n) is 4.98. The van der Waals surface area contributed by atoms with Gasteiger partial charge in [0, 0.05) is 26.2 Å². The van der Waals surface area contributed by atoms with Crippen LogP contribution in [0.15, 0.2) is 0 Å². The topological polar surface area (TPSA) is 64.5 Å². The first-order valence-corrected chi connectivity index (χ1v) is 5.07. The standard InChI is InChI=1S/C10H24N2O2/c1-9(2,13)7-11-5-6-12-8-10(3,4)14/h11-14H,5-8H2,1-4H3. The molecule has 0 rings (SSSR count). The van der Waals surface area contributed by atoms with Gasteiger partial charge in [-0.2, -0.15) is 0 Å². The van der Waals surface area contributed by atoms with Crippen molar-refractivity contribution in [2.24, 2.45) is 0 Å². The molecule has 0 atom stereocenters. The third kappa shape index (κ3) is 11.8. The molecule has 0 amide bonds. The Hall–Kier alpha value is -0.160. The quantitative estimate of drug-likeness (QED) is 0.430. The van der Waals surface area contributed by atoms with E-state index in [1.165, 1.54) is 0 Å². The average molecular weight is 204 g/mol. The number of rotatable bonds is 7. The summed E-state index contributed by atoms with van der Waals surface area (Å²) in [6.45, 7) is 9.82. The fourth-order valence-corrected chi connectivity index (χ4v) is 0.965. The molecule has 0 radical (unpaired) electrons. The maximum absolute atomic E-state index is 9.38. The molecule has 4 N–H and O–H groups in total. The monoisotopic (exact) mass is 204 g/mol. The van der Waals surface area contributed by atoms with Crippen molar-refractivity contribution in [3.8, 4) is 0 Å². The lowest BCUT2D eigenvalue weighted by Crippen LogP contribution is -2.41. The van der Waals surface area contributed by atoms with E-state index in [-0.39, 0.29) is 0 Å². The molecule has 86 valence electrons. The SMILES string of the molecule is CC(C)(O)CNCCNCC(C)(C)O. The minimum atomic E-state index is -0.656. The normalized spacial score (nSPS) is 13.3. The van der Waals surface area contributed by atoms with Gasteiger partial charge in [0.05, 0.1) is 11.2 Å². The van der Waals surface area contributed by atoms with Crippen LogP contribution in [0.2, 0.25) is 0 Å². The maximum Gasteiger partial charge on any atom is 0.0715 e. The smallest absolute Gasteiger partial charge is 0.0715 e. The van der Waals surface area contributed by atoms with Gasteiger partial charge in [-0.3, -0.25) is 0 Å². The summed E-state index contributed by atoms with van der Waals surface area (Å²) in [6.07, 6.45) is 0. The molecule has 0 spiro atoms. The van der Waals surface area contributed by atoms with E-state index in [1.54, 1.807) is 27.7 Å². The van der Waals surface area contributed by atoms with E-state index in [4.69, 9.17) is 0 Å². The third-order valence-corrected chi connectivity index (χ3v) is 1.59. The molecule has 0 heterocycles. The van der Waals surface area contributed by atoms with Crippen LogP contribution in [0.4, 0.5) is 0 Å². The van der Waals surface area contributed by atoms with Crippen LogP contribution in [0.1, 0.15) is 27.7 Å². The summed E-state index contributed by atoms with van der Waals surface area (Å²) in [5.41, 5.74) is -1.31. The van der Waals surface area contributed by atoms with Gasteiger partial charge >= 0.3 is 0 Å². The van der Waals surface area contributed by atoms with E-state index in [0.717, 1.165) is 13.1 Å². The first-order valence-electron chi connectivity index (χ1n) is 5.07. The van der Waals surface area contributed by atoms with Crippen molar-refractivity contribution >= 4 is 0 Å². The van der Waals surface area contributed by atoms with Gasteiger partial charge < -0.3 is 20.8 Å². The summed E-state index contributed by atoms with van der Waals surface area (Å²) < 4.78 is 0. The largest absolute Gasteiger partial charge is 0.389 e. The van der Waals surface area contributed by atoms with Crippen molar-refractivity contribution in [3.63, 3.8) is 0 Å². The van der Waals surface area contributed by atoms with Crippen molar-refractivity contribution in [3.05, 3.63) is 0 Å². The minimum Gasteiger partial charge on any atom is -0.389 e.